The van der Waals surface area contributed by atoms with Crippen LogP contribution >= 0.6 is 23.4 Å². The average molecular weight is 400 g/mol. The lowest BCUT2D eigenvalue weighted by atomic mass is 10.1. The highest BCUT2D eigenvalue weighted by atomic mass is 35.5. The van der Waals surface area contributed by atoms with Crippen LogP contribution < -0.4 is 5.32 Å². The maximum atomic E-state index is 13.0. The van der Waals surface area contributed by atoms with Crippen LogP contribution in [-0.4, -0.2) is 16.1 Å². The molecule has 0 bridgehead atoms. The Kier molecular flexibility index (Phi) is 5.18. The van der Waals surface area contributed by atoms with Crippen molar-refractivity contribution in [2.24, 2.45) is 0 Å². The molecule has 5 nitrogen and oxygen atoms in total. The number of anilines is 1. The van der Waals surface area contributed by atoms with E-state index in [0.29, 0.717) is 27.7 Å². The molecule has 0 radical (unpaired) electrons. The summed E-state index contributed by atoms with van der Waals surface area (Å²) < 4.78 is 5.73. The van der Waals surface area contributed by atoms with E-state index in [-0.39, 0.29) is 5.91 Å². The zero-order chi connectivity index (χ0) is 18.8. The highest BCUT2D eigenvalue weighted by Gasteiger charge is 2.31. The fourth-order valence-electron chi connectivity index (χ4n) is 2.64. The van der Waals surface area contributed by atoms with Crippen LogP contribution in [0.2, 0.25) is 5.02 Å². The summed E-state index contributed by atoms with van der Waals surface area (Å²) in [6, 6.07) is 15.0. The summed E-state index contributed by atoms with van der Waals surface area (Å²) in [4.78, 5) is 13.0. The number of carbonyl (C=O) groups is 1. The van der Waals surface area contributed by atoms with Gasteiger partial charge in [-0.25, -0.2) is 0 Å². The zero-order valence-electron chi connectivity index (χ0n) is 14.7. The molecule has 27 heavy (non-hydrogen) atoms. The van der Waals surface area contributed by atoms with Crippen molar-refractivity contribution in [3.8, 4) is 0 Å². The zero-order valence-corrected chi connectivity index (χ0v) is 16.3. The van der Waals surface area contributed by atoms with Crippen molar-refractivity contribution in [3.63, 3.8) is 0 Å². The summed E-state index contributed by atoms with van der Waals surface area (Å²) in [7, 11) is 0. The molecule has 0 unspecified atom stereocenters. The molecule has 1 aromatic heterocycles. The standard InChI is InChI=1S/C20H18ClN3O2S/c1-12-7-10-15(11-16(12)21)22-18(25)17(13-5-3-2-4-6-13)27-20-24-23-19(26-20)14-8-9-14/h2-7,10-11,14,17H,8-9H2,1H3,(H,22,25)/t17-/m1/s1. The molecule has 1 N–H and O–H groups in total. The van der Waals surface area contributed by atoms with Crippen molar-refractivity contribution in [1.29, 1.82) is 0 Å². The van der Waals surface area contributed by atoms with Crippen molar-refractivity contribution < 1.29 is 9.21 Å². The lowest BCUT2D eigenvalue weighted by Crippen LogP contribution is -2.19. The second-order valence-electron chi connectivity index (χ2n) is 6.54. The number of nitrogens with one attached hydrogen (secondary N) is 1. The Labute approximate surface area is 166 Å². The third-order valence-corrected chi connectivity index (χ3v) is 5.84. The van der Waals surface area contributed by atoms with Gasteiger partial charge in [0.2, 0.25) is 11.8 Å². The van der Waals surface area contributed by atoms with E-state index in [1.54, 1.807) is 6.07 Å². The summed E-state index contributed by atoms with van der Waals surface area (Å²) in [6.07, 6.45) is 2.17. The molecular formula is C20H18ClN3O2S. The highest BCUT2D eigenvalue weighted by molar-refractivity contribution is 8.00. The normalized spacial score (nSPS) is 14.7. The quantitative estimate of drug-likeness (QED) is 0.563. The van der Waals surface area contributed by atoms with Crippen molar-refractivity contribution >= 4 is 35.0 Å². The van der Waals surface area contributed by atoms with Crippen molar-refractivity contribution in [3.05, 3.63) is 70.6 Å². The third-order valence-electron chi connectivity index (χ3n) is 4.35. The van der Waals surface area contributed by atoms with Gasteiger partial charge in [-0.05, 0) is 54.8 Å². The molecule has 0 saturated heterocycles. The summed E-state index contributed by atoms with van der Waals surface area (Å²) in [5.74, 6) is 0.873. The van der Waals surface area contributed by atoms with E-state index in [1.807, 2.05) is 49.4 Å². The maximum Gasteiger partial charge on any atom is 0.277 e. The highest BCUT2D eigenvalue weighted by Crippen LogP contribution is 2.42. The van der Waals surface area contributed by atoms with Gasteiger partial charge in [0.05, 0.1) is 0 Å². The Balaban J connectivity index is 1.56. The van der Waals surface area contributed by atoms with Gasteiger partial charge in [-0.2, -0.15) is 0 Å². The molecule has 1 heterocycles. The van der Waals surface area contributed by atoms with E-state index >= 15 is 0 Å². The summed E-state index contributed by atoms with van der Waals surface area (Å²) in [6.45, 7) is 1.92. The lowest BCUT2D eigenvalue weighted by Gasteiger charge is -2.15. The average Bonchev–Trinajstić information content (AvgIpc) is 3.42. The van der Waals surface area contributed by atoms with Gasteiger partial charge in [0, 0.05) is 16.6 Å². The van der Waals surface area contributed by atoms with E-state index in [1.165, 1.54) is 11.8 Å². The van der Waals surface area contributed by atoms with Gasteiger partial charge < -0.3 is 9.73 Å². The van der Waals surface area contributed by atoms with Crippen molar-refractivity contribution in [2.75, 3.05) is 5.32 Å². The SMILES string of the molecule is Cc1ccc(NC(=O)[C@H](Sc2nnc(C3CC3)o2)c2ccccc2)cc1Cl. The molecule has 0 aliphatic heterocycles. The summed E-state index contributed by atoms with van der Waals surface area (Å²) in [5, 5.41) is 11.6. The number of aryl methyl sites for hydroxylation is 1. The number of carbonyl (C=O) groups excluding carboxylic acids is 1. The number of nitrogens with zero attached hydrogens (tertiary/aromatic N) is 2. The van der Waals surface area contributed by atoms with Crippen LogP contribution in [0.4, 0.5) is 5.69 Å². The minimum Gasteiger partial charge on any atom is -0.416 e. The Hall–Kier alpha value is -2.31. The first-order valence-corrected chi connectivity index (χ1v) is 9.98. The van der Waals surface area contributed by atoms with Gasteiger partial charge in [-0.1, -0.05) is 48.0 Å². The fourth-order valence-corrected chi connectivity index (χ4v) is 3.71. The topological polar surface area (TPSA) is 68.0 Å². The molecule has 1 saturated carbocycles. The maximum absolute atomic E-state index is 13.0. The van der Waals surface area contributed by atoms with Gasteiger partial charge in [-0.15, -0.1) is 10.2 Å². The largest absolute Gasteiger partial charge is 0.416 e. The van der Waals surface area contributed by atoms with Gasteiger partial charge in [-0.3, -0.25) is 4.79 Å². The molecule has 7 heteroatoms. The van der Waals surface area contributed by atoms with Crippen molar-refractivity contribution in [2.45, 2.75) is 36.2 Å². The predicted molar refractivity (Wildman–Crippen MR) is 106 cm³/mol. The molecule has 1 fully saturated rings. The van der Waals surface area contributed by atoms with Gasteiger partial charge in [0.15, 0.2) is 0 Å². The number of amides is 1. The fraction of sp³-hybridized carbons (Fsp3) is 0.250. The summed E-state index contributed by atoms with van der Waals surface area (Å²) >= 11 is 7.43. The lowest BCUT2D eigenvalue weighted by molar-refractivity contribution is -0.115. The first-order chi connectivity index (χ1) is 13.1. The van der Waals surface area contributed by atoms with Crippen molar-refractivity contribution in [1.82, 2.24) is 10.2 Å². The van der Waals surface area contributed by atoms with Crippen LogP contribution in [0.1, 0.15) is 41.0 Å². The Bertz CT molecular complexity index is 957. The number of benzene rings is 2. The molecule has 0 spiro atoms. The molecule has 1 amide bonds. The molecule has 2 aromatic carbocycles. The van der Waals surface area contributed by atoms with E-state index < -0.39 is 5.25 Å². The summed E-state index contributed by atoms with van der Waals surface area (Å²) in [5.41, 5.74) is 2.48. The molecule has 4 rings (SSSR count). The first kappa shape index (κ1) is 18.1. The Morgan fingerprint density at radius 2 is 2.00 bits per heavy atom. The number of halogens is 1. The van der Waals surface area contributed by atoms with Crippen LogP contribution in [0.15, 0.2) is 58.2 Å². The predicted octanol–water partition coefficient (Wildman–Crippen LogP) is 5.38. The van der Waals surface area contributed by atoms with Gasteiger partial charge in [0.25, 0.3) is 5.22 Å². The van der Waals surface area contributed by atoms with E-state index in [2.05, 4.69) is 15.5 Å². The number of hydrogen-bond acceptors (Lipinski definition) is 5. The molecule has 3 aromatic rings. The van der Waals surface area contributed by atoms with Crippen LogP contribution in [0.5, 0.6) is 0 Å². The number of thioether (sulfide) groups is 1. The van der Waals surface area contributed by atoms with Crippen LogP contribution in [0.3, 0.4) is 0 Å². The minimum absolute atomic E-state index is 0.169. The Morgan fingerprint density at radius 1 is 1.22 bits per heavy atom. The molecule has 138 valence electrons. The first-order valence-electron chi connectivity index (χ1n) is 8.72. The molecule has 1 atom stereocenters. The van der Waals surface area contributed by atoms with Gasteiger partial charge >= 0.3 is 0 Å². The molecule has 1 aliphatic rings. The van der Waals surface area contributed by atoms with Crippen LogP contribution in [0, 0.1) is 6.92 Å². The number of hydrogen-bond donors (Lipinski definition) is 1. The second-order valence-corrected chi connectivity index (χ2v) is 8.01. The minimum atomic E-state index is -0.515. The van der Waals surface area contributed by atoms with Crippen LogP contribution in [0.25, 0.3) is 0 Å². The number of aromatic nitrogens is 2. The molecule has 1 aliphatic carbocycles. The number of rotatable bonds is 6. The molecular weight excluding hydrogens is 382 g/mol. The monoisotopic (exact) mass is 399 g/mol. The van der Waals surface area contributed by atoms with E-state index in [0.717, 1.165) is 24.0 Å². The smallest absolute Gasteiger partial charge is 0.277 e. The Morgan fingerprint density at radius 3 is 2.70 bits per heavy atom. The van der Waals surface area contributed by atoms with Gasteiger partial charge in [0.1, 0.15) is 5.25 Å². The van der Waals surface area contributed by atoms with Crippen LogP contribution in [-0.2, 0) is 4.79 Å². The second kappa shape index (κ2) is 7.74. The third kappa shape index (κ3) is 4.34. The van der Waals surface area contributed by atoms with E-state index in [9.17, 15) is 4.79 Å². The van der Waals surface area contributed by atoms with E-state index in [4.69, 9.17) is 16.0 Å².